The van der Waals surface area contributed by atoms with Crippen LogP contribution in [0.2, 0.25) is 5.02 Å². The van der Waals surface area contributed by atoms with Gasteiger partial charge < -0.3 is 5.32 Å². The highest BCUT2D eigenvalue weighted by atomic mass is 35.5. The monoisotopic (exact) mass is 309 g/mol. The lowest BCUT2D eigenvalue weighted by atomic mass is 9.69. The summed E-state index contributed by atoms with van der Waals surface area (Å²) < 4.78 is 13.8. The minimum atomic E-state index is -0.524. The second-order valence-corrected chi connectivity index (χ2v) is 7.70. The maximum absolute atomic E-state index is 13.8. The van der Waals surface area contributed by atoms with Crippen LogP contribution >= 0.6 is 11.6 Å². The summed E-state index contributed by atoms with van der Waals surface area (Å²) >= 11 is 5.87. The average molecular weight is 310 g/mol. The lowest BCUT2D eigenvalue weighted by Gasteiger charge is -2.39. The Kier molecular flexibility index (Phi) is 3.32. The van der Waals surface area contributed by atoms with Crippen molar-refractivity contribution in [3.63, 3.8) is 0 Å². The molecule has 1 aromatic carbocycles. The number of hydrogen-bond donors (Lipinski definition) is 1. The van der Waals surface area contributed by atoms with Crippen LogP contribution < -0.4 is 5.32 Å². The third-order valence-electron chi connectivity index (χ3n) is 6.27. The van der Waals surface area contributed by atoms with Crippen molar-refractivity contribution in [1.82, 2.24) is 5.32 Å². The molecule has 0 aromatic heterocycles. The van der Waals surface area contributed by atoms with Gasteiger partial charge in [-0.1, -0.05) is 32.4 Å². The zero-order chi connectivity index (χ0) is 15.4. The van der Waals surface area contributed by atoms with Crippen LogP contribution in [0.25, 0.3) is 0 Å². The van der Waals surface area contributed by atoms with Gasteiger partial charge in [-0.2, -0.15) is 0 Å². The number of nitrogens with one attached hydrogen (secondary N) is 1. The standard InChI is InChI=1S/C17H21ClFNO/c1-16(2)10-6-7-17(16,3)14(8-10)20-15(21)12-9-11(18)4-5-13(12)19/h4-5,9-10,14H,6-8H2,1-3H3,(H,20,21). The van der Waals surface area contributed by atoms with Gasteiger partial charge in [0.1, 0.15) is 5.82 Å². The van der Waals surface area contributed by atoms with Gasteiger partial charge in [-0.3, -0.25) is 4.79 Å². The Labute approximate surface area is 130 Å². The molecule has 114 valence electrons. The molecule has 4 heteroatoms. The topological polar surface area (TPSA) is 29.1 Å². The van der Waals surface area contributed by atoms with Crippen molar-refractivity contribution in [2.24, 2.45) is 16.7 Å². The Morgan fingerprint density at radius 3 is 2.67 bits per heavy atom. The van der Waals surface area contributed by atoms with Crippen LogP contribution in [0.3, 0.4) is 0 Å². The van der Waals surface area contributed by atoms with Gasteiger partial charge in [0.05, 0.1) is 5.56 Å². The number of carbonyl (C=O) groups is 1. The molecule has 2 fully saturated rings. The molecule has 1 N–H and O–H groups in total. The second-order valence-electron chi connectivity index (χ2n) is 7.26. The van der Waals surface area contributed by atoms with Gasteiger partial charge in [0.2, 0.25) is 0 Å². The Hall–Kier alpha value is -1.09. The van der Waals surface area contributed by atoms with Gasteiger partial charge in [-0.05, 0) is 54.2 Å². The van der Waals surface area contributed by atoms with Crippen molar-refractivity contribution in [3.05, 3.63) is 34.6 Å². The van der Waals surface area contributed by atoms with E-state index in [4.69, 9.17) is 11.6 Å². The number of fused-ring (bicyclic) bond motifs is 2. The van der Waals surface area contributed by atoms with Crippen LogP contribution in [0.15, 0.2) is 18.2 Å². The third-order valence-corrected chi connectivity index (χ3v) is 6.51. The summed E-state index contributed by atoms with van der Waals surface area (Å²) in [6.07, 6.45) is 3.33. The Balaban J connectivity index is 1.82. The van der Waals surface area contributed by atoms with E-state index in [9.17, 15) is 9.18 Å². The molecule has 2 nitrogen and oxygen atoms in total. The minimum Gasteiger partial charge on any atom is -0.349 e. The van der Waals surface area contributed by atoms with Crippen LogP contribution in [-0.2, 0) is 0 Å². The molecule has 1 amide bonds. The van der Waals surface area contributed by atoms with Gasteiger partial charge in [-0.15, -0.1) is 0 Å². The van der Waals surface area contributed by atoms with E-state index in [0.717, 1.165) is 12.8 Å². The molecule has 2 bridgehead atoms. The molecule has 0 spiro atoms. The van der Waals surface area contributed by atoms with Crippen LogP contribution in [0.4, 0.5) is 4.39 Å². The first-order valence-electron chi connectivity index (χ1n) is 7.51. The van der Waals surface area contributed by atoms with Crippen molar-refractivity contribution in [3.8, 4) is 0 Å². The van der Waals surface area contributed by atoms with E-state index in [2.05, 4.69) is 26.1 Å². The molecule has 21 heavy (non-hydrogen) atoms. The van der Waals surface area contributed by atoms with Crippen molar-refractivity contribution in [2.45, 2.75) is 46.1 Å². The predicted molar refractivity (Wildman–Crippen MR) is 81.9 cm³/mol. The number of carbonyl (C=O) groups excluding carboxylic acids is 1. The summed E-state index contributed by atoms with van der Waals surface area (Å²) in [5, 5.41) is 3.43. The summed E-state index contributed by atoms with van der Waals surface area (Å²) in [6, 6.07) is 4.20. The molecule has 1 aromatic rings. The van der Waals surface area contributed by atoms with Gasteiger partial charge in [-0.25, -0.2) is 4.39 Å². The lowest BCUT2D eigenvalue weighted by molar-refractivity contribution is 0.0822. The second kappa shape index (κ2) is 4.70. The molecule has 0 aliphatic heterocycles. The first-order valence-corrected chi connectivity index (χ1v) is 7.89. The molecular formula is C17H21ClFNO. The number of amides is 1. The smallest absolute Gasteiger partial charge is 0.254 e. The van der Waals surface area contributed by atoms with E-state index in [-0.39, 0.29) is 28.3 Å². The van der Waals surface area contributed by atoms with Crippen LogP contribution in [-0.4, -0.2) is 11.9 Å². The van der Waals surface area contributed by atoms with Crippen LogP contribution in [0.1, 0.15) is 50.4 Å². The van der Waals surface area contributed by atoms with E-state index in [1.165, 1.54) is 24.6 Å². The zero-order valence-electron chi connectivity index (χ0n) is 12.7. The maximum Gasteiger partial charge on any atom is 0.254 e. The molecule has 2 aliphatic rings. The fourth-order valence-corrected chi connectivity index (χ4v) is 4.50. The highest BCUT2D eigenvalue weighted by molar-refractivity contribution is 6.31. The molecular weight excluding hydrogens is 289 g/mol. The van der Waals surface area contributed by atoms with Crippen LogP contribution in [0.5, 0.6) is 0 Å². The van der Waals surface area contributed by atoms with Crippen molar-refractivity contribution in [2.75, 3.05) is 0 Å². The molecule has 3 atom stereocenters. The SMILES string of the molecule is CC1(C)C2CCC1(C)C(NC(=O)c1cc(Cl)ccc1F)C2. The quantitative estimate of drug-likeness (QED) is 0.860. The molecule has 3 rings (SSSR count). The van der Waals surface area contributed by atoms with E-state index in [1.54, 1.807) is 0 Å². The van der Waals surface area contributed by atoms with Gasteiger partial charge in [0, 0.05) is 11.1 Å². The lowest BCUT2D eigenvalue weighted by Crippen LogP contribution is -2.47. The fraction of sp³-hybridized carbons (Fsp3) is 0.588. The van der Waals surface area contributed by atoms with Gasteiger partial charge >= 0.3 is 0 Å². The third kappa shape index (κ3) is 2.09. The fourth-order valence-electron chi connectivity index (χ4n) is 4.33. The summed E-state index contributed by atoms with van der Waals surface area (Å²) in [4.78, 5) is 12.4. The number of halogens is 2. The van der Waals surface area contributed by atoms with Crippen molar-refractivity contribution in [1.29, 1.82) is 0 Å². The zero-order valence-corrected chi connectivity index (χ0v) is 13.4. The Morgan fingerprint density at radius 2 is 2.10 bits per heavy atom. The maximum atomic E-state index is 13.8. The summed E-state index contributed by atoms with van der Waals surface area (Å²) in [5.74, 6) is -0.244. The first-order chi connectivity index (χ1) is 9.75. The normalized spacial score (nSPS) is 33.2. The van der Waals surface area contributed by atoms with E-state index in [1.807, 2.05) is 0 Å². The summed E-state index contributed by atoms with van der Waals surface area (Å²) in [6.45, 7) is 6.83. The number of hydrogen-bond acceptors (Lipinski definition) is 1. The Morgan fingerprint density at radius 1 is 1.38 bits per heavy atom. The van der Waals surface area contributed by atoms with E-state index in [0.29, 0.717) is 10.9 Å². The van der Waals surface area contributed by atoms with Crippen molar-refractivity contribution < 1.29 is 9.18 Å². The van der Waals surface area contributed by atoms with E-state index < -0.39 is 5.82 Å². The summed E-state index contributed by atoms with van der Waals surface area (Å²) in [7, 11) is 0. The molecule has 3 unspecified atom stereocenters. The number of rotatable bonds is 2. The highest BCUT2D eigenvalue weighted by Gasteiger charge is 2.61. The predicted octanol–water partition coefficient (Wildman–Crippen LogP) is 4.42. The molecule has 2 aliphatic carbocycles. The Bertz CT molecular complexity index is 600. The van der Waals surface area contributed by atoms with E-state index >= 15 is 0 Å². The largest absolute Gasteiger partial charge is 0.349 e. The summed E-state index contributed by atoms with van der Waals surface area (Å²) in [5.41, 5.74) is 0.340. The van der Waals surface area contributed by atoms with Gasteiger partial charge in [0.25, 0.3) is 5.91 Å². The molecule has 2 saturated carbocycles. The molecule has 0 heterocycles. The van der Waals surface area contributed by atoms with Gasteiger partial charge in [0.15, 0.2) is 0 Å². The van der Waals surface area contributed by atoms with Crippen LogP contribution in [0, 0.1) is 22.6 Å². The minimum absolute atomic E-state index is 0.0340. The highest BCUT2D eigenvalue weighted by Crippen LogP contribution is 2.65. The molecule has 0 saturated heterocycles. The average Bonchev–Trinajstić information content (AvgIpc) is 2.74. The van der Waals surface area contributed by atoms with Crippen molar-refractivity contribution >= 4 is 17.5 Å². The molecule has 0 radical (unpaired) electrons. The number of benzene rings is 1. The first kappa shape index (κ1) is 14.8.